The molecule has 2 heterocycles. The van der Waals surface area contributed by atoms with E-state index in [2.05, 4.69) is 6.92 Å². The molecule has 2 N–H and O–H groups in total. The summed E-state index contributed by atoms with van der Waals surface area (Å²) in [4.78, 5) is 28.7. The highest BCUT2D eigenvalue weighted by molar-refractivity contribution is 5.81. The van der Waals surface area contributed by atoms with E-state index in [-0.39, 0.29) is 18.0 Å². The molecule has 6 heteroatoms. The molecule has 0 aliphatic carbocycles. The van der Waals surface area contributed by atoms with E-state index in [1.54, 1.807) is 0 Å². The lowest BCUT2D eigenvalue weighted by Gasteiger charge is -2.33. The van der Waals surface area contributed by atoms with Gasteiger partial charge in [0.25, 0.3) is 0 Å². The van der Waals surface area contributed by atoms with E-state index >= 15 is 0 Å². The molecule has 3 rings (SSSR count). The topological polar surface area (TPSA) is 75.9 Å². The lowest BCUT2D eigenvalue weighted by Crippen LogP contribution is -2.47. The number of benzene rings is 1. The number of carbonyl (C=O) groups excluding carboxylic acids is 2. The van der Waals surface area contributed by atoms with Crippen molar-refractivity contribution in [2.24, 2.45) is 17.6 Å². The quantitative estimate of drug-likeness (QED) is 0.673. The number of amides is 2. The number of likely N-dealkylation sites (tertiary alicyclic amines) is 2. The fourth-order valence-corrected chi connectivity index (χ4v) is 4.76. The molecule has 1 aromatic carbocycles. The summed E-state index contributed by atoms with van der Waals surface area (Å²) in [5, 5.41) is 0. The Morgan fingerprint density at radius 1 is 1.00 bits per heavy atom. The van der Waals surface area contributed by atoms with Gasteiger partial charge in [0.15, 0.2) is 0 Å². The summed E-state index contributed by atoms with van der Waals surface area (Å²) in [6.07, 6.45) is 8.00. The van der Waals surface area contributed by atoms with Crippen molar-refractivity contribution in [1.82, 2.24) is 9.80 Å². The van der Waals surface area contributed by atoms with E-state index in [0.717, 1.165) is 82.6 Å². The molecule has 6 nitrogen and oxygen atoms in total. The predicted octanol–water partition coefficient (Wildman–Crippen LogP) is 4.18. The Morgan fingerprint density at radius 3 is 2.26 bits per heavy atom. The van der Waals surface area contributed by atoms with Crippen LogP contribution in [0.1, 0.15) is 63.9 Å². The Hall–Kier alpha value is -2.08. The monoisotopic (exact) mass is 429 g/mol. The normalized spacial score (nSPS) is 19.3. The van der Waals surface area contributed by atoms with Gasteiger partial charge in [-0.3, -0.25) is 4.79 Å². The van der Waals surface area contributed by atoms with Gasteiger partial charge in [-0.25, -0.2) is 4.79 Å². The van der Waals surface area contributed by atoms with Gasteiger partial charge in [0.05, 0.1) is 6.04 Å². The molecule has 2 saturated heterocycles. The van der Waals surface area contributed by atoms with Crippen LogP contribution >= 0.6 is 0 Å². The molecule has 0 saturated carbocycles. The van der Waals surface area contributed by atoms with Crippen LogP contribution in [0.5, 0.6) is 0 Å². The molecular weight excluding hydrogens is 390 g/mol. The van der Waals surface area contributed by atoms with Crippen molar-refractivity contribution < 1.29 is 14.3 Å². The number of hydrogen-bond acceptors (Lipinski definition) is 4. The number of nitrogens with two attached hydrogens (primary N) is 1. The van der Waals surface area contributed by atoms with E-state index in [0.29, 0.717) is 12.5 Å². The van der Waals surface area contributed by atoms with Gasteiger partial charge < -0.3 is 20.3 Å². The summed E-state index contributed by atoms with van der Waals surface area (Å²) >= 11 is 0. The van der Waals surface area contributed by atoms with Crippen molar-refractivity contribution in [1.29, 1.82) is 0 Å². The van der Waals surface area contributed by atoms with E-state index in [4.69, 9.17) is 10.5 Å². The first-order chi connectivity index (χ1) is 15.1. The summed E-state index contributed by atoms with van der Waals surface area (Å²) in [6.45, 7) is 5.77. The zero-order valence-corrected chi connectivity index (χ0v) is 19.0. The molecular formula is C25H39N3O3. The molecule has 1 unspecified atom stereocenters. The van der Waals surface area contributed by atoms with Crippen molar-refractivity contribution in [3.05, 3.63) is 35.9 Å². The van der Waals surface area contributed by atoms with E-state index < -0.39 is 0 Å². The Balaban J connectivity index is 1.28. The molecule has 31 heavy (non-hydrogen) atoms. The van der Waals surface area contributed by atoms with Crippen molar-refractivity contribution in [2.45, 2.75) is 70.9 Å². The number of nitrogens with zero attached hydrogens (tertiary/aromatic N) is 2. The largest absolute Gasteiger partial charge is 0.445 e. The molecule has 2 aliphatic heterocycles. The van der Waals surface area contributed by atoms with Crippen LogP contribution in [0.15, 0.2) is 30.3 Å². The fourth-order valence-electron chi connectivity index (χ4n) is 4.76. The van der Waals surface area contributed by atoms with E-state index in [1.807, 2.05) is 40.1 Å². The summed E-state index contributed by atoms with van der Waals surface area (Å²) in [5.74, 6) is 1.49. The number of carbonyl (C=O) groups is 2. The third-order valence-corrected chi connectivity index (χ3v) is 7.03. The lowest BCUT2D eigenvalue weighted by molar-refractivity contribution is -0.134. The second-order valence-electron chi connectivity index (χ2n) is 9.18. The van der Waals surface area contributed by atoms with Crippen LogP contribution in [0.3, 0.4) is 0 Å². The van der Waals surface area contributed by atoms with Gasteiger partial charge in [-0.05, 0) is 49.5 Å². The maximum atomic E-state index is 12.6. The zero-order valence-electron chi connectivity index (χ0n) is 19.0. The Bertz CT molecular complexity index is 681. The smallest absolute Gasteiger partial charge is 0.410 e. The second kappa shape index (κ2) is 12.1. The van der Waals surface area contributed by atoms with Crippen LogP contribution in [0.4, 0.5) is 4.79 Å². The van der Waals surface area contributed by atoms with Crippen LogP contribution in [0.2, 0.25) is 0 Å². The van der Waals surface area contributed by atoms with Crippen LogP contribution in [0, 0.1) is 11.8 Å². The Morgan fingerprint density at radius 2 is 1.61 bits per heavy atom. The minimum Gasteiger partial charge on any atom is -0.445 e. The third-order valence-electron chi connectivity index (χ3n) is 7.03. The molecule has 0 spiro atoms. The Labute approximate surface area is 187 Å². The minimum atomic E-state index is -0.369. The van der Waals surface area contributed by atoms with Gasteiger partial charge in [-0.2, -0.15) is 0 Å². The molecule has 1 atom stereocenters. The first-order valence-corrected chi connectivity index (χ1v) is 12.1. The van der Waals surface area contributed by atoms with E-state index in [9.17, 15) is 9.59 Å². The highest BCUT2D eigenvalue weighted by Gasteiger charge is 2.27. The van der Waals surface area contributed by atoms with Gasteiger partial charge in [0, 0.05) is 26.2 Å². The van der Waals surface area contributed by atoms with Crippen LogP contribution in [-0.2, 0) is 16.1 Å². The van der Waals surface area contributed by atoms with Crippen molar-refractivity contribution in [3.63, 3.8) is 0 Å². The first kappa shape index (κ1) is 23.6. The minimum absolute atomic E-state index is 0.130. The van der Waals surface area contributed by atoms with Crippen LogP contribution in [0.25, 0.3) is 0 Å². The van der Waals surface area contributed by atoms with Crippen molar-refractivity contribution >= 4 is 12.0 Å². The highest BCUT2D eigenvalue weighted by atomic mass is 16.6. The summed E-state index contributed by atoms with van der Waals surface area (Å²) in [5.41, 5.74) is 7.22. The van der Waals surface area contributed by atoms with Crippen LogP contribution < -0.4 is 5.73 Å². The molecule has 0 aromatic heterocycles. The number of ether oxygens (including phenoxy) is 1. The fraction of sp³-hybridized carbons (Fsp3) is 0.680. The van der Waals surface area contributed by atoms with E-state index in [1.165, 1.54) is 6.42 Å². The van der Waals surface area contributed by atoms with Gasteiger partial charge in [-0.1, -0.05) is 56.5 Å². The molecule has 2 amide bonds. The van der Waals surface area contributed by atoms with Gasteiger partial charge >= 0.3 is 6.09 Å². The van der Waals surface area contributed by atoms with Crippen molar-refractivity contribution in [2.75, 3.05) is 26.2 Å². The first-order valence-electron chi connectivity index (χ1n) is 12.1. The summed E-state index contributed by atoms with van der Waals surface area (Å²) in [7, 11) is 0. The number of hydrogen-bond donors (Lipinski definition) is 1. The standard InChI is InChI=1S/C25H39N3O3/c1-2-20-11-15-27(16-12-20)24(29)23(26)10-6-9-21-13-17-28(18-14-21)25(30)31-19-22-7-4-3-5-8-22/h3-5,7-8,20-21,23H,2,6,9-19,26H2,1H3. The van der Waals surface area contributed by atoms with Gasteiger partial charge in [0.2, 0.25) is 5.91 Å². The lowest BCUT2D eigenvalue weighted by atomic mass is 9.90. The molecule has 2 fully saturated rings. The Kier molecular flexibility index (Phi) is 9.19. The third kappa shape index (κ3) is 7.23. The molecule has 0 bridgehead atoms. The second-order valence-corrected chi connectivity index (χ2v) is 9.18. The zero-order chi connectivity index (χ0) is 22.1. The van der Waals surface area contributed by atoms with Crippen LogP contribution in [-0.4, -0.2) is 54.0 Å². The molecule has 0 radical (unpaired) electrons. The maximum absolute atomic E-state index is 12.6. The van der Waals surface area contributed by atoms with Crippen molar-refractivity contribution in [3.8, 4) is 0 Å². The average Bonchev–Trinajstić information content (AvgIpc) is 2.83. The molecule has 1 aromatic rings. The predicted molar refractivity (Wildman–Crippen MR) is 122 cm³/mol. The SMILES string of the molecule is CCC1CCN(C(=O)C(N)CCCC2CCN(C(=O)OCc3ccccc3)CC2)CC1. The average molecular weight is 430 g/mol. The maximum Gasteiger partial charge on any atom is 0.410 e. The molecule has 172 valence electrons. The molecule has 2 aliphatic rings. The highest BCUT2D eigenvalue weighted by Crippen LogP contribution is 2.24. The summed E-state index contributed by atoms with van der Waals surface area (Å²) in [6, 6.07) is 9.40. The van der Waals surface area contributed by atoms with Gasteiger partial charge in [-0.15, -0.1) is 0 Å². The number of piperidine rings is 2. The summed E-state index contributed by atoms with van der Waals surface area (Å²) < 4.78 is 5.44. The van der Waals surface area contributed by atoms with Gasteiger partial charge in [0.1, 0.15) is 6.61 Å². The number of rotatable bonds is 8.